The third-order valence-electron chi connectivity index (χ3n) is 4.59. The first-order valence-corrected chi connectivity index (χ1v) is 8.26. The Bertz CT molecular complexity index is 1010. The second-order valence-corrected chi connectivity index (χ2v) is 6.08. The van der Waals surface area contributed by atoms with Gasteiger partial charge < -0.3 is 14.4 Å². The third-order valence-corrected chi connectivity index (χ3v) is 4.59. The van der Waals surface area contributed by atoms with Gasteiger partial charge >= 0.3 is 0 Å². The van der Waals surface area contributed by atoms with Crippen LogP contribution in [0, 0.1) is 13.8 Å². The van der Waals surface area contributed by atoms with Crippen LogP contribution in [-0.4, -0.2) is 15.6 Å². The van der Waals surface area contributed by atoms with Crippen molar-refractivity contribution in [2.45, 2.75) is 33.7 Å². The quantitative estimate of drug-likeness (QED) is 0.793. The maximum atomic E-state index is 12.8. The predicted octanol–water partition coefficient (Wildman–Crippen LogP) is 2.64. The first-order chi connectivity index (χ1) is 12.0. The van der Waals surface area contributed by atoms with Crippen LogP contribution in [0.2, 0.25) is 0 Å². The summed E-state index contributed by atoms with van der Waals surface area (Å²) in [6.07, 6.45) is 0.733. The Morgan fingerprint density at radius 2 is 2.00 bits per heavy atom. The van der Waals surface area contributed by atoms with Gasteiger partial charge in [0.25, 0.3) is 11.5 Å². The number of aromatic nitrogens is 2. The number of hydrogen-bond donors (Lipinski definition) is 1. The zero-order valence-corrected chi connectivity index (χ0v) is 14.8. The van der Waals surface area contributed by atoms with Crippen molar-refractivity contribution in [3.63, 3.8) is 0 Å². The molecule has 0 aliphatic carbocycles. The van der Waals surface area contributed by atoms with E-state index in [0.717, 1.165) is 28.6 Å². The summed E-state index contributed by atoms with van der Waals surface area (Å²) in [5, 5.41) is 7.67. The lowest BCUT2D eigenvalue weighted by Crippen LogP contribution is -2.29. The van der Waals surface area contributed by atoms with Gasteiger partial charge in [-0.1, -0.05) is 30.3 Å². The summed E-state index contributed by atoms with van der Waals surface area (Å²) in [6.45, 7) is 5.82. The molecular formula is C19H21N3O3. The van der Waals surface area contributed by atoms with Crippen LogP contribution in [0.5, 0.6) is 0 Å². The molecule has 1 aromatic carbocycles. The Labute approximate surface area is 145 Å². The average molecular weight is 339 g/mol. The van der Waals surface area contributed by atoms with Crippen molar-refractivity contribution in [2.24, 2.45) is 7.05 Å². The van der Waals surface area contributed by atoms with Gasteiger partial charge in [-0.2, -0.15) is 0 Å². The largest absolute Gasteiger partial charge is 0.361 e. The molecule has 0 bridgehead atoms. The second-order valence-electron chi connectivity index (χ2n) is 6.08. The van der Waals surface area contributed by atoms with Gasteiger partial charge in [0, 0.05) is 30.1 Å². The highest BCUT2D eigenvalue weighted by Crippen LogP contribution is 2.20. The SMILES string of the molecule is CCc1noc(C)c1CNC(=O)c1c(C)c(=O)n(C)c2ccccc12. The number of pyridine rings is 1. The van der Waals surface area contributed by atoms with E-state index in [0.29, 0.717) is 23.4 Å². The van der Waals surface area contributed by atoms with Crippen molar-refractivity contribution in [2.75, 3.05) is 0 Å². The molecule has 25 heavy (non-hydrogen) atoms. The number of nitrogens with zero attached hydrogens (tertiary/aromatic N) is 2. The Morgan fingerprint density at radius 1 is 1.28 bits per heavy atom. The number of fused-ring (bicyclic) bond motifs is 1. The third kappa shape index (κ3) is 2.84. The van der Waals surface area contributed by atoms with E-state index in [1.807, 2.05) is 38.1 Å². The van der Waals surface area contributed by atoms with Crippen molar-refractivity contribution in [3.05, 3.63) is 62.8 Å². The van der Waals surface area contributed by atoms with E-state index in [1.54, 1.807) is 18.5 Å². The lowest BCUT2D eigenvalue weighted by Gasteiger charge is -2.13. The van der Waals surface area contributed by atoms with Crippen molar-refractivity contribution >= 4 is 16.8 Å². The number of para-hydroxylation sites is 1. The molecule has 130 valence electrons. The molecule has 0 fully saturated rings. The highest BCUT2D eigenvalue weighted by Gasteiger charge is 2.19. The Hall–Kier alpha value is -2.89. The van der Waals surface area contributed by atoms with E-state index >= 15 is 0 Å². The Kier molecular flexibility index (Phi) is 4.44. The number of rotatable bonds is 4. The number of benzene rings is 1. The van der Waals surface area contributed by atoms with Gasteiger partial charge in [0.1, 0.15) is 5.76 Å². The molecule has 0 radical (unpaired) electrons. The molecule has 1 N–H and O–H groups in total. The van der Waals surface area contributed by atoms with E-state index < -0.39 is 0 Å². The summed E-state index contributed by atoms with van der Waals surface area (Å²) < 4.78 is 6.77. The highest BCUT2D eigenvalue weighted by atomic mass is 16.5. The lowest BCUT2D eigenvalue weighted by atomic mass is 10.0. The first-order valence-electron chi connectivity index (χ1n) is 8.26. The molecule has 3 aromatic rings. The van der Waals surface area contributed by atoms with Crippen LogP contribution < -0.4 is 10.9 Å². The number of aryl methyl sites for hydroxylation is 3. The van der Waals surface area contributed by atoms with Gasteiger partial charge in [0.05, 0.1) is 16.8 Å². The van der Waals surface area contributed by atoms with E-state index in [9.17, 15) is 9.59 Å². The van der Waals surface area contributed by atoms with E-state index in [-0.39, 0.29) is 11.5 Å². The molecule has 0 spiro atoms. The van der Waals surface area contributed by atoms with Gasteiger partial charge in [0.15, 0.2) is 0 Å². The van der Waals surface area contributed by atoms with Crippen molar-refractivity contribution in [1.82, 2.24) is 15.0 Å². The fraction of sp³-hybridized carbons (Fsp3) is 0.316. The van der Waals surface area contributed by atoms with E-state index in [4.69, 9.17) is 4.52 Å². The van der Waals surface area contributed by atoms with Crippen molar-refractivity contribution < 1.29 is 9.32 Å². The Morgan fingerprint density at radius 3 is 2.72 bits per heavy atom. The zero-order chi connectivity index (χ0) is 18.1. The smallest absolute Gasteiger partial charge is 0.254 e. The molecule has 0 aliphatic heterocycles. The van der Waals surface area contributed by atoms with Crippen LogP contribution in [0.25, 0.3) is 10.9 Å². The molecule has 0 unspecified atom stereocenters. The maximum Gasteiger partial charge on any atom is 0.254 e. The first kappa shape index (κ1) is 17.0. The Balaban J connectivity index is 2.00. The summed E-state index contributed by atoms with van der Waals surface area (Å²) in [5.74, 6) is 0.428. The summed E-state index contributed by atoms with van der Waals surface area (Å²) >= 11 is 0. The van der Waals surface area contributed by atoms with Crippen molar-refractivity contribution in [1.29, 1.82) is 0 Å². The van der Waals surface area contributed by atoms with Crippen LogP contribution in [0.1, 0.15) is 39.9 Å². The fourth-order valence-electron chi connectivity index (χ4n) is 3.14. The minimum atomic E-state index is -0.269. The monoisotopic (exact) mass is 339 g/mol. The molecule has 0 aliphatic rings. The van der Waals surface area contributed by atoms with Crippen LogP contribution in [0.3, 0.4) is 0 Å². The van der Waals surface area contributed by atoms with Crippen LogP contribution in [0.15, 0.2) is 33.6 Å². The molecule has 0 saturated heterocycles. The number of carbonyl (C=O) groups is 1. The topological polar surface area (TPSA) is 77.1 Å². The minimum absolute atomic E-state index is 0.167. The van der Waals surface area contributed by atoms with Crippen molar-refractivity contribution in [3.8, 4) is 0 Å². The van der Waals surface area contributed by atoms with E-state index in [1.165, 1.54) is 0 Å². The van der Waals surface area contributed by atoms with Gasteiger partial charge in [-0.05, 0) is 26.3 Å². The van der Waals surface area contributed by atoms with Crippen LogP contribution in [0.4, 0.5) is 0 Å². The summed E-state index contributed by atoms with van der Waals surface area (Å²) in [7, 11) is 1.72. The molecule has 6 heteroatoms. The lowest BCUT2D eigenvalue weighted by molar-refractivity contribution is 0.0951. The molecule has 2 aromatic heterocycles. The minimum Gasteiger partial charge on any atom is -0.361 e. The van der Waals surface area contributed by atoms with Crippen LogP contribution >= 0.6 is 0 Å². The molecule has 1 amide bonds. The standard InChI is InChI=1S/C19H21N3O3/c1-5-15-14(12(3)25-21-15)10-20-18(23)17-11(2)19(24)22(4)16-9-7-6-8-13(16)17/h6-9H,5,10H2,1-4H3,(H,20,23). The maximum absolute atomic E-state index is 12.8. The summed E-state index contributed by atoms with van der Waals surface area (Å²) in [4.78, 5) is 25.3. The van der Waals surface area contributed by atoms with Gasteiger partial charge in [-0.3, -0.25) is 9.59 Å². The van der Waals surface area contributed by atoms with Gasteiger partial charge in [-0.25, -0.2) is 0 Å². The summed E-state index contributed by atoms with van der Waals surface area (Å²) in [6, 6.07) is 7.42. The molecule has 3 rings (SSSR count). The van der Waals surface area contributed by atoms with Crippen LogP contribution in [-0.2, 0) is 20.0 Å². The molecule has 0 saturated carbocycles. The van der Waals surface area contributed by atoms with Gasteiger partial charge in [-0.15, -0.1) is 0 Å². The van der Waals surface area contributed by atoms with E-state index in [2.05, 4.69) is 10.5 Å². The molecule has 6 nitrogen and oxygen atoms in total. The summed E-state index contributed by atoms with van der Waals surface area (Å²) in [5.41, 5.74) is 3.16. The normalized spacial score (nSPS) is 11.0. The molecular weight excluding hydrogens is 318 g/mol. The second kappa shape index (κ2) is 6.55. The van der Waals surface area contributed by atoms with Gasteiger partial charge in [0.2, 0.25) is 0 Å². The number of hydrogen-bond acceptors (Lipinski definition) is 4. The predicted molar refractivity (Wildman–Crippen MR) is 95.7 cm³/mol. The number of carbonyl (C=O) groups excluding carboxylic acids is 1. The average Bonchev–Trinajstić information content (AvgIpc) is 2.98. The fourth-order valence-corrected chi connectivity index (χ4v) is 3.14. The highest BCUT2D eigenvalue weighted by molar-refractivity contribution is 6.07. The zero-order valence-electron chi connectivity index (χ0n) is 14.8. The molecule has 0 atom stereocenters. The molecule has 2 heterocycles. The number of amides is 1. The number of nitrogens with one attached hydrogen (secondary N) is 1.